The van der Waals surface area contributed by atoms with Crippen LogP contribution < -0.4 is 13.8 Å². The first-order chi connectivity index (χ1) is 16.1. The van der Waals surface area contributed by atoms with Crippen molar-refractivity contribution >= 4 is 32.7 Å². The zero-order valence-corrected chi connectivity index (χ0v) is 20.3. The first kappa shape index (κ1) is 23.2. The van der Waals surface area contributed by atoms with Gasteiger partial charge in [0.15, 0.2) is 5.65 Å². The number of ether oxygens (including phenoxy) is 2. The van der Waals surface area contributed by atoms with E-state index in [0.717, 1.165) is 4.31 Å². The highest BCUT2D eigenvalue weighted by molar-refractivity contribution is 7.92. The molecule has 0 saturated heterocycles. The average Bonchev–Trinajstić information content (AvgIpc) is 3.11. The summed E-state index contributed by atoms with van der Waals surface area (Å²) in [6.45, 7) is 3.61. The summed E-state index contributed by atoms with van der Waals surface area (Å²) < 4.78 is 39.4. The number of esters is 1. The molecule has 0 atom stereocenters. The van der Waals surface area contributed by atoms with Gasteiger partial charge in [0, 0.05) is 19.8 Å². The van der Waals surface area contributed by atoms with E-state index in [1.165, 1.54) is 26.3 Å². The molecule has 9 nitrogen and oxygen atoms in total. The molecule has 4 rings (SSSR count). The molecule has 34 heavy (non-hydrogen) atoms. The first-order valence-corrected chi connectivity index (χ1v) is 11.8. The van der Waals surface area contributed by atoms with Crippen molar-refractivity contribution in [3.05, 3.63) is 71.5 Å². The number of hydrogen-bond donors (Lipinski definition) is 0. The highest BCUT2D eigenvalue weighted by Gasteiger charge is 2.22. The van der Waals surface area contributed by atoms with E-state index in [1.807, 2.05) is 6.92 Å². The lowest BCUT2D eigenvalue weighted by atomic mass is 10.1. The second-order valence-corrected chi connectivity index (χ2v) is 9.72. The van der Waals surface area contributed by atoms with Crippen LogP contribution in [0.1, 0.15) is 21.7 Å². The molecule has 4 aromatic rings. The fourth-order valence-corrected chi connectivity index (χ4v) is 4.86. The van der Waals surface area contributed by atoms with Gasteiger partial charge in [-0.05, 0) is 68.4 Å². The van der Waals surface area contributed by atoms with Gasteiger partial charge in [-0.3, -0.25) is 8.99 Å². The molecule has 0 bridgehead atoms. The molecule has 0 amide bonds. The number of methoxy groups -OCH3 is 1. The quantitative estimate of drug-likeness (QED) is 0.307. The average molecular weight is 481 g/mol. The van der Waals surface area contributed by atoms with E-state index in [1.54, 1.807) is 61.1 Å². The molecule has 0 aliphatic carbocycles. The minimum absolute atomic E-state index is 0.134. The van der Waals surface area contributed by atoms with Crippen LogP contribution in [0, 0.1) is 13.8 Å². The number of carbonyl (C=O) groups is 1. The third kappa shape index (κ3) is 4.19. The molecule has 0 spiro atoms. The lowest BCUT2D eigenvalue weighted by Gasteiger charge is -2.20. The number of anilines is 1. The van der Waals surface area contributed by atoms with Gasteiger partial charge in [0.25, 0.3) is 10.0 Å². The molecular formula is C24H24N4O5S. The molecule has 0 unspecified atom stereocenters. The van der Waals surface area contributed by atoms with E-state index in [2.05, 4.69) is 10.1 Å². The Morgan fingerprint density at radius 2 is 1.62 bits per heavy atom. The van der Waals surface area contributed by atoms with Crippen molar-refractivity contribution in [2.24, 2.45) is 7.05 Å². The summed E-state index contributed by atoms with van der Waals surface area (Å²) in [4.78, 5) is 17.5. The topological polar surface area (TPSA) is 104 Å². The van der Waals surface area contributed by atoms with Crippen molar-refractivity contribution in [2.75, 3.05) is 18.5 Å². The number of benzene rings is 2. The lowest BCUT2D eigenvalue weighted by Crippen LogP contribution is -2.26. The second kappa shape index (κ2) is 8.79. The first-order valence-electron chi connectivity index (χ1n) is 10.4. The maximum atomic E-state index is 13.0. The molecule has 0 fully saturated rings. The summed E-state index contributed by atoms with van der Waals surface area (Å²) in [6.07, 6.45) is 0. The van der Waals surface area contributed by atoms with Crippen LogP contribution in [-0.4, -0.2) is 43.3 Å². The van der Waals surface area contributed by atoms with Crippen molar-refractivity contribution in [3.63, 3.8) is 0 Å². The van der Waals surface area contributed by atoms with E-state index in [0.29, 0.717) is 39.4 Å². The van der Waals surface area contributed by atoms with Gasteiger partial charge in [0.05, 0.1) is 34.3 Å². The largest absolute Gasteiger partial charge is 0.497 e. The van der Waals surface area contributed by atoms with E-state index in [9.17, 15) is 13.2 Å². The van der Waals surface area contributed by atoms with Gasteiger partial charge in [-0.1, -0.05) is 0 Å². The predicted molar refractivity (Wildman–Crippen MR) is 128 cm³/mol. The zero-order valence-electron chi connectivity index (χ0n) is 19.4. The van der Waals surface area contributed by atoms with Crippen molar-refractivity contribution < 1.29 is 22.7 Å². The van der Waals surface area contributed by atoms with Crippen LogP contribution >= 0.6 is 0 Å². The predicted octanol–water partition coefficient (Wildman–Crippen LogP) is 3.64. The van der Waals surface area contributed by atoms with Crippen molar-refractivity contribution in [3.8, 4) is 11.5 Å². The Labute approximate surface area is 197 Å². The Kier molecular flexibility index (Phi) is 6.01. The number of carbonyl (C=O) groups excluding carboxylic acids is 1. The molecule has 0 N–H and O–H groups in total. The van der Waals surface area contributed by atoms with Gasteiger partial charge in [0.2, 0.25) is 0 Å². The van der Waals surface area contributed by atoms with Gasteiger partial charge in [-0.2, -0.15) is 5.10 Å². The lowest BCUT2D eigenvalue weighted by molar-refractivity contribution is 0.0736. The van der Waals surface area contributed by atoms with Crippen molar-refractivity contribution in [1.29, 1.82) is 0 Å². The number of sulfonamides is 1. The van der Waals surface area contributed by atoms with Gasteiger partial charge in [-0.15, -0.1) is 0 Å². The number of rotatable bonds is 6. The summed E-state index contributed by atoms with van der Waals surface area (Å²) in [5.74, 6) is 0.308. The molecule has 10 heteroatoms. The van der Waals surface area contributed by atoms with E-state index in [-0.39, 0.29) is 10.6 Å². The van der Waals surface area contributed by atoms with E-state index in [4.69, 9.17) is 9.47 Å². The maximum Gasteiger partial charge on any atom is 0.344 e. The van der Waals surface area contributed by atoms with Crippen LogP contribution in [0.25, 0.3) is 11.0 Å². The van der Waals surface area contributed by atoms with Crippen LogP contribution in [0.2, 0.25) is 0 Å². The van der Waals surface area contributed by atoms with Crippen LogP contribution in [0.3, 0.4) is 0 Å². The summed E-state index contributed by atoms with van der Waals surface area (Å²) in [5.41, 5.74) is 2.74. The standard InChI is InChI=1S/C24H24N4O5S/c1-15-14-21(22-16(2)26-27(3)23(22)25-15)24(29)33-19-8-6-17(7-9-19)28(4)34(30,31)20-12-10-18(32-5)11-13-20/h6-14H,1-5H3. The number of pyridine rings is 1. The fraction of sp³-hybridized carbons (Fsp3) is 0.208. The molecule has 0 aliphatic heterocycles. The number of aryl methyl sites for hydroxylation is 3. The molecule has 0 radical (unpaired) electrons. The SMILES string of the molecule is COc1ccc(S(=O)(=O)N(C)c2ccc(OC(=O)c3cc(C)nc4c3c(C)nn4C)cc2)cc1. The van der Waals surface area contributed by atoms with E-state index >= 15 is 0 Å². The van der Waals surface area contributed by atoms with Gasteiger partial charge < -0.3 is 9.47 Å². The van der Waals surface area contributed by atoms with Crippen molar-refractivity contribution in [1.82, 2.24) is 14.8 Å². The van der Waals surface area contributed by atoms with Gasteiger partial charge in [0.1, 0.15) is 11.5 Å². The normalized spacial score (nSPS) is 11.4. The van der Waals surface area contributed by atoms with Crippen LogP contribution in [0.4, 0.5) is 5.69 Å². The number of nitrogens with zero attached hydrogens (tertiary/aromatic N) is 4. The number of aromatic nitrogens is 3. The molecular weight excluding hydrogens is 456 g/mol. The molecule has 2 aromatic carbocycles. The monoisotopic (exact) mass is 480 g/mol. The summed E-state index contributed by atoms with van der Waals surface area (Å²) in [6, 6.07) is 14.1. The molecule has 0 saturated carbocycles. The second-order valence-electron chi connectivity index (χ2n) is 7.75. The number of hydrogen-bond acceptors (Lipinski definition) is 7. The molecule has 2 aromatic heterocycles. The zero-order chi connectivity index (χ0) is 24.6. The Morgan fingerprint density at radius 1 is 1.00 bits per heavy atom. The highest BCUT2D eigenvalue weighted by atomic mass is 32.2. The van der Waals surface area contributed by atoms with Crippen LogP contribution in [0.15, 0.2) is 59.5 Å². The highest BCUT2D eigenvalue weighted by Crippen LogP contribution is 2.27. The fourth-order valence-electron chi connectivity index (χ4n) is 3.66. The van der Waals surface area contributed by atoms with Gasteiger partial charge in [-0.25, -0.2) is 18.2 Å². The number of fused-ring (bicyclic) bond motifs is 1. The van der Waals surface area contributed by atoms with E-state index < -0.39 is 16.0 Å². The molecule has 2 heterocycles. The van der Waals surface area contributed by atoms with Crippen molar-refractivity contribution in [2.45, 2.75) is 18.7 Å². The summed E-state index contributed by atoms with van der Waals surface area (Å²) >= 11 is 0. The minimum Gasteiger partial charge on any atom is -0.497 e. The smallest absolute Gasteiger partial charge is 0.344 e. The molecule has 0 aliphatic rings. The summed E-state index contributed by atoms with van der Waals surface area (Å²) in [5, 5.41) is 4.99. The maximum absolute atomic E-state index is 13.0. The Bertz CT molecular complexity index is 1480. The summed E-state index contributed by atoms with van der Waals surface area (Å²) in [7, 11) is 0.971. The minimum atomic E-state index is -3.77. The Morgan fingerprint density at radius 3 is 2.24 bits per heavy atom. The molecule has 176 valence electrons. The third-order valence-electron chi connectivity index (χ3n) is 5.45. The Balaban J connectivity index is 1.56. The Hall–Kier alpha value is -3.92. The third-order valence-corrected chi connectivity index (χ3v) is 7.25. The van der Waals surface area contributed by atoms with Crippen LogP contribution in [0.5, 0.6) is 11.5 Å². The van der Waals surface area contributed by atoms with Crippen LogP contribution in [-0.2, 0) is 17.1 Å². The van der Waals surface area contributed by atoms with Gasteiger partial charge >= 0.3 is 5.97 Å².